The van der Waals surface area contributed by atoms with Gasteiger partial charge in [0.1, 0.15) is 5.82 Å². The second-order valence-electron chi connectivity index (χ2n) is 4.36. The Hall–Kier alpha value is -2.17. The lowest BCUT2D eigenvalue weighted by molar-refractivity contribution is 0.432. The van der Waals surface area contributed by atoms with E-state index in [-0.39, 0.29) is 5.56 Å². The van der Waals surface area contributed by atoms with Gasteiger partial charge in [0.2, 0.25) is 0 Å². The van der Waals surface area contributed by atoms with Gasteiger partial charge < -0.3 is 10.1 Å². The summed E-state index contributed by atoms with van der Waals surface area (Å²) in [6.07, 6.45) is 2.47. The molecule has 18 heavy (non-hydrogen) atoms. The molecule has 1 heterocycles. The van der Waals surface area contributed by atoms with Gasteiger partial charge in [0, 0.05) is 11.1 Å². The van der Waals surface area contributed by atoms with Crippen molar-refractivity contribution in [3.63, 3.8) is 0 Å². The Balaban J connectivity index is 2.15. The number of H-pyrrole nitrogens is 1. The molecule has 1 aromatic carbocycles. The number of benzene rings is 1. The summed E-state index contributed by atoms with van der Waals surface area (Å²) in [4.78, 5) is 18.8. The predicted molar refractivity (Wildman–Crippen MR) is 63.9 cm³/mol. The molecule has 0 unspecified atom stereocenters. The van der Waals surface area contributed by atoms with E-state index in [2.05, 4.69) is 9.97 Å². The van der Waals surface area contributed by atoms with E-state index in [0.717, 1.165) is 36.6 Å². The minimum absolute atomic E-state index is 0.152. The number of hydrogen-bond acceptors (Lipinski definition) is 3. The van der Waals surface area contributed by atoms with E-state index in [1.807, 2.05) is 0 Å². The Labute approximate surface area is 102 Å². The summed E-state index contributed by atoms with van der Waals surface area (Å²) < 4.78 is 13.3. The smallest absolute Gasteiger partial charge is 0.254 e. The topological polar surface area (TPSA) is 66.0 Å². The summed E-state index contributed by atoms with van der Waals surface area (Å²) in [5.74, 6) is -0.794. The molecule has 0 fully saturated rings. The Morgan fingerprint density at radius 2 is 2.17 bits per heavy atom. The largest absolute Gasteiger partial charge is 0.505 e. The molecule has 0 saturated carbocycles. The van der Waals surface area contributed by atoms with Crippen LogP contribution in [-0.4, -0.2) is 15.1 Å². The SMILES string of the molecule is O=c1[nH]c(-c2ccc(O)c(F)c2)nc2c1CCC2. The number of aromatic hydroxyl groups is 1. The maximum Gasteiger partial charge on any atom is 0.254 e. The number of phenolic OH excluding ortho intramolecular Hbond substituents is 1. The minimum Gasteiger partial charge on any atom is -0.505 e. The first-order valence-corrected chi connectivity index (χ1v) is 5.76. The van der Waals surface area contributed by atoms with Crippen molar-refractivity contribution < 1.29 is 9.50 Å². The van der Waals surface area contributed by atoms with Crippen LogP contribution in [0.3, 0.4) is 0 Å². The van der Waals surface area contributed by atoms with Gasteiger partial charge in [-0.25, -0.2) is 9.37 Å². The summed E-state index contributed by atoms with van der Waals surface area (Å²) >= 11 is 0. The lowest BCUT2D eigenvalue weighted by Crippen LogP contribution is -2.15. The molecule has 1 aromatic heterocycles. The van der Waals surface area contributed by atoms with Gasteiger partial charge >= 0.3 is 0 Å². The van der Waals surface area contributed by atoms with Gasteiger partial charge in [-0.1, -0.05) is 0 Å². The van der Waals surface area contributed by atoms with Gasteiger partial charge in [-0.3, -0.25) is 4.79 Å². The molecule has 0 radical (unpaired) electrons. The molecule has 0 bridgehead atoms. The molecule has 0 amide bonds. The third kappa shape index (κ3) is 1.68. The molecule has 2 N–H and O–H groups in total. The molecular formula is C13H11FN2O2. The average Bonchev–Trinajstić information content (AvgIpc) is 2.81. The van der Waals surface area contributed by atoms with Gasteiger partial charge in [0.25, 0.3) is 5.56 Å². The van der Waals surface area contributed by atoms with Crippen molar-refractivity contribution in [2.24, 2.45) is 0 Å². The minimum atomic E-state index is -0.726. The molecule has 5 heteroatoms. The molecule has 2 aromatic rings. The van der Waals surface area contributed by atoms with Crippen molar-refractivity contribution >= 4 is 0 Å². The van der Waals surface area contributed by atoms with Crippen LogP contribution in [0.1, 0.15) is 17.7 Å². The molecule has 4 nitrogen and oxygen atoms in total. The number of nitrogens with one attached hydrogen (secondary N) is 1. The van der Waals surface area contributed by atoms with Crippen LogP contribution in [0, 0.1) is 5.82 Å². The standard InChI is InChI=1S/C13H11FN2O2/c14-9-6-7(4-5-11(9)17)12-15-10-3-1-2-8(10)13(18)16-12/h4-6,17H,1-3H2,(H,15,16,18). The van der Waals surface area contributed by atoms with E-state index in [1.165, 1.54) is 12.1 Å². The lowest BCUT2D eigenvalue weighted by atomic mass is 10.2. The highest BCUT2D eigenvalue weighted by Crippen LogP contribution is 2.24. The zero-order valence-electron chi connectivity index (χ0n) is 9.53. The van der Waals surface area contributed by atoms with Gasteiger partial charge in [-0.15, -0.1) is 0 Å². The number of phenols is 1. The number of halogens is 1. The number of rotatable bonds is 1. The number of aromatic nitrogens is 2. The molecule has 3 rings (SSSR count). The average molecular weight is 246 g/mol. The van der Waals surface area contributed by atoms with E-state index < -0.39 is 11.6 Å². The van der Waals surface area contributed by atoms with Gasteiger partial charge in [-0.2, -0.15) is 0 Å². The normalized spacial score (nSPS) is 13.6. The van der Waals surface area contributed by atoms with E-state index in [1.54, 1.807) is 0 Å². The lowest BCUT2D eigenvalue weighted by Gasteiger charge is -2.04. The number of nitrogens with zero attached hydrogens (tertiary/aromatic N) is 1. The molecule has 92 valence electrons. The van der Waals surface area contributed by atoms with Crippen molar-refractivity contribution in [3.8, 4) is 17.1 Å². The Morgan fingerprint density at radius 1 is 1.33 bits per heavy atom. The summed E-state index contributed by atoms with van der Waals surface area (Å²) in [5.41, 5.74) is 1.83. The maximum absolute atomic E-state index is 13.3. The molecule has 0 spiro atoms. The van der Waals surface area contributed by atoms with Crippen LogP contribution in [0.5, 0.6) is 5.75 Å². The third-order valence-corrected chi connectivity index (χ3v) is 3.16. The molecule has 1 aliphatic carbocycles. The second-order valence-corrected chi connectivity index (χ2v) is 4.36. The summed E-state index contributed by atoms with van der Waals surface area (Å²) in [7, 11) is 0. The van der Waals surface area contributed by atoms with Crippen molar-refractivity contribution in [2.45, 2.75) is 19.3 Å². The number of fused-ring (bicyclic) bond motifs is 1. The Bertz CT molecular complexity index is 679. The Morgan fingerprint density at radius 3 is 2.94 bits per heavy atom. The van der Waals surface area contributed by atoms with Crippen LogP contribution in [0.25, 0.3) is 11.4 Å². The van der Waals surface area contributed by atoms with Crippen molar-refractivity contribution in [1.82, 2.24) is 9.97 Å². The molecular weight excluding hydrogens is 235 g/mol. The Kier molecular flexibility index (Phi) is 2.40. The monoisotopic (exact) mass is 246 g/mol. The highest BCUT2D eigenvalue weighted by molar-refractivity contribution is 5.57. The predicted octanol–water partition coefficient (Wildman–Crippen LogP) is 1.77. The molecule has 0 atom stereocenters. The second kappa shape index (κ2) is 3.94. The first-order valence-electron chi connectivity index (χ1n) is 5.76. The number of aromatic amines is 1. The molecule has 0 saturated heterocycles. The maximum atomic E-state index is 13.3. The van der Waals surface area contributed by atoms with E-state index >= 15 is 0 Å². The van der Waals surface area contributed by atoms with Crippen molar-refractivity contribution in [1.29, 1.82) is 0 Å². The third-order valence-electron chi connectivity index (χ3n) is 3.16. The fourth-order valence-electron chi connectivity index (χ4n) is 2.23. The summed E-state index contributed by atoms with van der Waals surface area (Å²) in [6, 6.07) is 3.94. The summed E-state index contributed by atoms with van der Waals surface area (Å²) in [5, 5.41) is 9.13. The first-order chi connectivity index (χ1) is 8.65. The van der Waals surface area contributed by atoms with Gasteiger partial charge in [-0.05, 0) is 37.5 Å². The van der Waals surface area contributed by atoms with Crippen LogP contribution in [0.4, 0.5) is 4.39 Å². The highest BCUT2D eigenvalue weighted by Gasteiger charge is 2.17. The highest BCUT2D eigenvalue weighted by atomic mass is 19.1. The molecule has 0 aliphatic heterocycles. The van der Waals surface area contributed by atoms with Crippen LogP contribution in [0.15, 0.2) is 23.0 Å². The van der Waals surface area contributed by atoms with E-state index in [0.29, 0.717) is 11.4 Å². The van der Waals surface area contributed by atoms with Crippen LogP contribution < -0.4 is 5.56 Å². The van der Waals surface area contributed by atoms with Crippen molar-refractivity contribution in [2.75, 3.05) is 0 Å². The van der Waals surface area contributed by atoms with Crippen LogP contribution in [-0.2, 0) is 12.8 Å². The molecule has 1 aliphatic rings. The van der Waals surface area contributed by atoms with E-state index in [9.17, 15) is 9.18 Å². The fourth-order valence-corrected chi connectivity index (χ4v) is 2.23. The van der Waals surface area contributed by atoms with Crippen molar-refractivity contribution in [3.05, 3.63) is 45.6 Å². The number of aryl methyl sites for hydroxylation is 1. The van der Waals surface area contributed by atoms with Crippen LogP contribution >= 0.6 is 0 Å². The number of hydrogen-bond donors (Lipinski definition) is 2. The zero-order chi connectivity index (χ0) is 12.7. The van der Waals surface area contributed by atoms with Crippen LogP contribution in [0.2, 0.25) is 0 Å². The van der Waals surface area contributed by atoms with Gasteiger partial charge in [0.15, 0.2) is 11.6 Å². The van der Waals surface area contributed by atoms with Gasteiger partial charge in [0.05, 0.1) is 5.69 Å². The zero-order valence-corrected chi connectivity index (χ0v) is 9.53. The first kappa shape index (κ1) is 11.0. The summed E-state index contributed by atoms with van der Waals surface area (Å²) in [6.45, 7) is 0. The van der Waals surface area contributed by atoms with E-state index in [4.69, 9.17) is 5.11 Å². The quantitative estimate of drug-likeness (QED) is 0.805. The fraction of sp³-hybridized carbons (Fsp3) is 0.231.